The number of ether oxygens (including phenoxy) is 1. The Bertz CT molecular complexity index is 564. The van der Waals surface area contributed by atoms with Crippen LogP contribution in [0.5, 0.6) is 5.75 Å². The van der Waals surface area contributed by atoms with Crippen LogP contribution in [0.2, 0.25) is 0 Å². The number of halogens is 1. The highest BCUT2D eigenvalue weighted by atomic mass is 127. The molecule has 102 valence electrons. The van der Waals surface area contributed by atoms with E-state index in [0.717, 1.165) is 14.8 Å². The van der Waals surface area contributed by atoms with Crippen LogP contribution >= 0.6 is 22.6 Å². The lowest BCUT2D eigenvalue weighted by atomic mass is 9.79. The van der Waals surface area contributed by atoms with Gasteiger partial charge in [-0.15, -0.1) is 0 Å². The Morgan fingerprint density at radius 1 is 1.15 bits per heavy atom. The van der Waals surface area contributed by atoms with Crippen LogP contribution in [0.1, 0.15) is 0 Å². The van der Waals surface area contributed by atoms with Crippen LogP contribution in [0.15, 0.2) is 54.6 Å². The SMILES string of the molecule is Ic1cccc(OC[C@@H]2COB(c3ccccc3)O2)c1. The second-order valence-corrected chi connectivity index (χ2v) is 5.85. The highest BCUT2D eigenvalue weighted by Gasteiger charge is 2.33. The number of hydrogen-bond donors (Lipinski definition) is 0. The van der Waals surface area contributed by atoms with Gasteiger partial charge in [-0.3, -0.25) is 0 Å². The molecule has 0 aromatic heterocycles. The van der Waals surface area contributed by atoms with Crippen molar-refractivity contribution in [2.75, 3.05) is 13.2 Å². The molecule has 3 nitrogen and oxygen atoms in total. The molecule has 5 heteroatoms. The van der Waals surface area contributed by atoms with E-state index < -0.39 is 0 Å². The van der Waals surface area contributed by atoms with Gasteiger partial charge in [-0.05, 0) is 46.3 Å². The van der Waals surface area contributed by atoms with Gasteiger partial charge in [0, 0.05) is 3.57 Å². The molecule has 0 amide bonds. The molecule has 1 atom stereocenters. The Hall–Kier alpha value is -1.05. The van der Waals surface area contributed by atoms with Crippen LogP contribution in [0.3, 0.4) is 0 Å². The van der Waals surface area contributed by atoms with Crippen molar-refractivity contribution in [3.05, 3.63) is 58.2 Å². The average molecular weight is 380 g/mol. The molecule has 20 heavy (non-hydrogen) atoms. The molecule has 0 aliphatic carbocycles. The van der Waals surface area contributed by atoms with Gasteiger partial charge in [0.15, 0.2) is 0 Å². The molecule has 0 spiro atoms. The van der Waals surface area contributed by atoms with Gasteiger partial charge in [0.2, 0.25) is 0 Å². The minimum Gasteiger partial charge on any atom is -0.491 e. The summed E-state index contributed by atoms with van der Waals surface area (Å²) >= 11 is 2.27. The smallest absolute Gasteiger partial charge is 0.491 e. The van der Waals surface area contributed by atoms with Crippen molar-refractivity contribution in [1.29, 1.82) is 0 Å². The summed E-state index contributed by atoms with van der Waals surface area (Å²) in [5.74, 6) is 0.865. The maximum absolute atomic E-state index is 5.85. The summed E-state index contributed by atoms with van der Waals surface area (Å²) < 4.78 is 18.4. The fourth-order valence-electron chi connectivity index (χ4n) is 2.07. The molecule has 0 saturated carbocycles. The Labute approximate surface area is 132 Å². The standard InChI is InChI=1S/C15H14BIO3/c17-13-7-4-8-14(9-13)18-10-15-11-19-16(20-15)12-5-2-1-3-6-12/h1-9,15H,10-11H2/t15-/m1/s1. The highest BCUT2D eigenvalue weighted by molar-refractivity contribution is 14.1. The summed E-state index contributed by atoms with van der Waals surface area (Å²) in [6.07, 6.45) is -0.0296. The molecule has 2 aromatic carbocycles. The molecule has 1 aliphatic rings. The summed E-state index contributed by atoms with van der Waals surface area (Å²) in [6.45, 7) is 1.06. The summed E-state index contributed by atoms with van der Waals surface area (Å²) in [5.41, 5.74) is 1.05. The molecule has 1 aliphatic heterocycles. The van der Waals surface area contributed by atoms with Gasteiger partial charge in [-0.25, -0.2) is 0 Å². The zero-order valence-corrected chi connectivity index (χ0v) is 13.0. The molecular weight excluding hydrogens is 366 g/mol. The first-order valence-electron chi connectivity index (χ1n) is 6.51. The summed E-state index contributed by atoms with van der Waals surface area (Å²) in [7, 11) is -0.277. The van der Waals surface area contributed by atoms with Gasteiger partial charge >= 0.3 is 7.12 Å². The van der Waals surface area contributed by atoms with E-state index in [9.17, 15) is 0 Å². The van der Waals surface area contributed by atoms with E-state index in [1.807, 2.05) is 54.6 Å². The van der Waals surface area contributed by atoms with Gasteiger partial charge in [-0.1, -0.05) is 36.4 Å². The third kappa shape index (κ3) is 3.53. The van der Waals surface area contributed by atoms with E-state index in [4.69, 9.17) is 14.0 Å². The van der Waals surface area contributed by atoms with Crippen LogP contribution in [-0.2, 0) is 9.31 Å². The Morgan fingerprint density at radius 2 is 2.00 bits per heavy atom. The minimum absolute atomic E-state index is 0.0296. The number of benzene rings is 2. The van der Waals surface area contributed by atoms with E-state index in [-0.39, 0.29) is 13.2 Å². The molecule has 1 saturated heterocycles. The van der Waals surface area contributed by atoms with E-state index in [0.29, 0.717) is 13.2 Å². The molecule has 3 rings (SSSR count). The van der Waals surface area contributed by atoms with Crippen molar-refractivity contribution in [2.24, 2.45) is 0 Å². The predicted octanol–water partition coefficient (Wildman–Crippen LogP) is 2.48. The Balaban J connectivity index is 1.53. The van der Waals surface area contributed by atoms with Gasteiger partial charge < -0.3 is 14.0 Å². The van der Waals surface area contributed by atoms with E-state index in [2.05, 4.69) is 22.6 Å². The van der Waals surface area contributed by atoms with Crippen LogP contribution in [-0.4, -0.2) is 26.4 Å². The molecule has 2 aromatic rings. The minimum atomic E-state index is -0.277. The lowest BCUT2D eigenvalue weighted by Gasteiger charge is -2.12. The van der Waals surface area contributed by atoms with E-state index >= 15 is 0 Å². The molecule has 0 N–H and O–H groups in total. The largest absolute Gasteiger partial charge is 0.494 e. The first-order valence-corrected chi connectivity index (χ1v) is 7.59. The van der Waals surface area contributed by atoms with E-state index in [1.165, 1.54) is 0 Å². The number of rotatable bonds is 4. The Kier molecular flexibility index (Phi) is 4.60. The normalized spacial score (nSPS) is 18.2. The van der Waals surface area contributed by atoms with Gasteiger partial charge in [-0.2, -0.15) is 0 Å². The maximum Gasteiger partial charge on any atom is 0.494 e. The van der Waals surface area contributed by atoms with Crippen LogP contribution in [0, 0.1) is 3.57 Å². The first kappa shape index (κ1) is 13.9. The van der Waals surface area contributed by atoms with Gasteiger partial charge in [0.25, 0.3) is 0 Å². The van der Waals surface area contributed by atoms with Gasteiger partial charge in [0.1, 0.15) is 12.4 Å². The summed E-state index contributed by atoms with van der Waals surface area (Å²) in [4.78, 5) is 0. The topological polar surface area (TPSA) is 27.7 Å². The second-order valence-electron chi connectivity index (χ2n) is 4.60. The summed E-state index contributed by atoms with van der Waals surface area (Å²) in [5, 5.41) is 0. The van der Waals surface area contributed by atoms with Gasteiger partial charge in [0.05, 0.1) is 12.7 Å². The van der Waals surface area contributed by atoms with Crippen molar-refractivity contribution in [3.8, 4) is 5.75 Å². The third-order valence-corrected chi connectivity index (χ3v) is 3.72. The zero-order valence-electron chi connectivity index (χ0n) is 10.9. The lowest BCUT2D eigenvalue weighted by molar-refractivity contribution is 0.148. The van der Waals surface area contributed by atoms with Crippen molar-refractivity contribution in [1.82, 2.24) is 0 Å². The van der Waals surface area contributed by atoms with Crippen molar-refractivity contribution in [3.63, 3.8) is 0 Å². The third-order valence-electron chi connectivity index (χ3n) is 3.05. The fraction of sp³-hybridized carbons (Fsp3) is 0.200. The first-order chi connectivity index (χ1) is 9.81. The van der Waals surface area contributed by atoms with Crippen molar-refractivity contribution < 1.29 is 14.0 Å². The van der Waals surface area contributed by atoms with Crippen LogP contribution in [0.4, 0.5) is 0 Å². The lowest BCUT2D eigenvalue weighted by Crippen LogP contribution is -2.33. The molecule has 1 fully saturated rings. The Morgan fingerprint density at radius 3 is 2.80 bits per heavy atom. The predicted molar refractivity (Wildman–Crippen MR) is 87.3 cm³/mol. The summed E-state index contributed by atoms with van der Waals surface area (Å²) in [6, 6.07) is 17.9. The maximum atomic E-state index is 5.85. The molecule has 0 unspecified atom stereocenters. The molecule has 1 heterocycles. The quantitative estimate of drug-likeness (QED) is 0.603. The number of hydrogen-bond acceptors (Lipinski definition) is 3. The highest BCUT2D eigenvalue weighted by Crippen LogP contribution is 2.16. The molecule has 0 bridgehead atoms. The molecular formula is C15H14BIO3. The van der Waals surface area contributed by atoms with Crippen molar-refractivity contribution >= 4 is 35.2 Å². The monoisotopic (exact) mass is 380 g/mol. The average Bonchev–Trinajstić information content (AvgIpc) is 2.95. The second kappa shape index (κ2) is 6.60. The zero-order chi connectivity index (χ0) is 13.8. The van der Waals surface area contributed by atoms with Crippen LogP contribution < -0.4 is 10.2 Å². The fourth-order valence-corrected chi connectivity index (χ4v) is 2.58. The van der Waals surface area contributed by atoms with Crippen molar-refractivity contribution in [2.45, 2.75) is 6.10 Å². The molecule has 0 radical (unpaired) electrons. The van der Waals surface area contributed by atoms with E-state index in [1.54, 1.807) is 0 Å². The van der Waals surface area contributed by atoms with Crippen LogP contribution in [0.25, 0.3) is 0 Å².